The molecule has 1 unspecified atom stereocenters. The summed E-state index contributed by atoms with van der Waals surface area (Å²) in [4.78, 5) is 26.6. The topological polar surface area (TPSA) is 77.1 Å². The van der Waals surface area contributed by atoms with Gasteiger partial charge in [-0.1, -0.05) is 12.1 Å². The van der Waals surface area contributed by atoms with Crippen molar-refractivity contribution in [2.75, 3.05) is 25.6 Å². The van der Waals surface area contributed by atoms with Gasteiger partial charge in [-0.15, -0.1) is 0 Å². The third-order valence-corrected chi connectivity index (χ3v) is 4.18. The van der Waals surface area contributed by atoms with Crippen LogP contribution < -0.4 is 24.4 Å². The fourth-order valence-corrected chi connectivity index (χ4v) is 2.87. The number of halogens is 2. The van der Waals surface area contributed by atoms with Gasteiger partial charge in [0.15, 0.2) is 17.6 Å². The molecular weight excluding hydrogens is 374 g/mol. The number of para-hydroxylation sites is 2. The molecule has 0 saturated heterocycles. The van der Waals surface area contributed by atoms with E-state index in [1.165, 1.54) is 37.3 Å². The molecule has 3 rings (SSSR count). The lowest BCUT2D eigenvalue weighted by Crippen LogP contribution is -2.50. The van der Waals surface area contributed by atoms with Crippen LogP contribution >= 0.6 is 0 Å². The minimum absolute atomic E-state index is 0.00412. The SMILES string of the molecule is CNC(=O)C1CN(C(=O)c2ccc(OC(F)F)c(OC)c2)c2ccccc2O1. The average molecular weight is 392 g/mol. The third-order valence-electron chi connectivity index (χ3n) is 4.18. The molecule has 0 aliphatic carbocycles. The van der Waals surface area contributed by atoms with Crippen LogP contribution in [0.3, 0.4) is 0 Å². The lowest BCUT2D eigenvalue weighted by molar-refractivity contribution is -0.127. The first-order chi connectivity index (χ1) is 13.4. The molecule has 1 aliphatic rings. The van der Waals surface area contributed by atoms with Gasteiger partial charge in [-0.3, -0.25) is 9.59 Å². The number of likely N-dealkylation sites (N-methyl/N-ethyl adjacent to an activating group) is 1. The summed E-state index contributed by atoms with van der Waals surface area (Å²) in [6.07, 6.45) is -0.882. The van der Waals surface area contributed by atoms with Crippen molar-refractivity contribution in [1.82, 2.24) is 5.32 Å². The molecule has 2 aromatic carbocycles. The number of fused-ring (bicyclic) bond motifs is 1. The van der Waals surface area contributed by atoms with E-state index in [1.54, 1.807) is 24.3 Å². The maximum atomic E-state index is 13.1. The number of nitrogens with one attached hydrogen (secondary N) is 1. The highest BCUT2D eigenvalue weighted by Crippen LogP contribution is 2.35. The van der Waals surface area contributed by atoms with E-state index in [1.807, 2.05) is 0 Å². The predicted octanol–water partition coefficient (Wildman–Crippen LogP) is 2.45. The zero-order valence-corrected chi connectivity index (χ0v) is 15.1. The number of rotatable bonds is 5. The molecule has 1 aliphatic heterocycles. The molecule has 2 amide bonds. The van der Waals surface area contributed by atoms with Crippen LogP contribution in [0.1, 0.15) is 10.4 Å². The van der Waals surface area contributed by atoms with Gasteiger partial charge < -0.3 is 24.4 Å². The normalized spacial score (nSPS) is 15.5. The fourth-order valence-electron chi connectivity index (χ4n) is 2.87. The Bertz CT molecular complexity index is 890. The van der Waals surface area contributed by atoms with Gasteiger partial charge in [-0.05, 0) is 30.3 Å². The van der Waals surface area contributed by atoms with E-state index >= 15 is 0 Å². The van der Waals surface area contributed by atoms with E-state index in [0.717, 1.165) is 0 Å². The zero-order chi connectivity index (χ0) is 20.3. The molecule has 0 saturated carbocycles. The summed E-state index contributed by atoms with van der Waals surface area (Å²) in [6, 6.07) is 10.7. The van der Waals surface area contributed by atoms with Crippen LogP contribution in [0.15, 0.2) is 42.5 Å². The Morgan fingerprint density at radius 2 is 1.96 bits per heavy atom. The first-order valence-corrected chi connectivity index (χ1v) is 8.36. The maximum absolute atomic E-state index is 13.1. The van der Waals surface area contributed by atoms with Crippen LogP contribution in [0, 0.1) is 0 Å². The van der Waals surface area contributed by atoms with Crippen molar-refractivity contribution in [1.29, 1.82) is 0 Å². The molecule has 148 valence electrons. The number of carbonyl (C=O) groups is 2. The van der Waals surface area contributed by atoms with Crippen molar-refractivity contribution in [3.05, 3.63) is 48.0 Å². The number of benzene rings is 2. The number of anilines is 1. The summed E-state index contributed by atoms with van der Waals surface area (Å²) < 4.78 is 40.1. The predicted molar refractivity (Wildman–Crippen MR) is 96.2 cm³/mol. The van der Waals surface area contributed by atoms with Gasteiger partial charge in [0, 0.05) is 12.6 Å². The number of carbonyl (C=O) groups excluding carboxylic acids is 2. The largest absolute Gasteiger partial charge is 0.493 e. The second-order valence-electron chi connectivity index (χ2n) is 5.85. The van der Waals surface area contributed by atoms with Crippen molar-refractivity contribution in [3.8, 4) is 17.2 Å². The van der Waals surface area contributed by atoms with E-state index in [4.69, 9.17) is 9.47 Å². The summed E-state index contributed by atoms with van der Waals surface area (Å²) in [5, 5.41) is 2.50. The fraction of sp³-hybridized carbons (Fsp3) is 0.263. The average Bonchev–Trinajstić information content (AvgIpc) is 2.71. The quantitative estimate of drug-likeness (QED) is 0.846. The highest BCUT2D eigenvalue weighted by molar-refractivity contribution is 6.08. The number of alkyl halides is 2. The van der Waals surface area contributed by atoms with E-state index in [2.05, 4.69) is 10.1 Å². The lowest BCUT2D eigenvalue weighted by Gasteiger charge is -2.34. The molecule has 0 fully saturated rings. The number of methoxy groups -OCH3 is 1. The maximum Gasteiger partial charge on any atom is 0.387 e. The summed E-state index contributed by atoms with van der Waals surface area (Å²) >= 11 is 0. The Morgan fingerprint density at radius 3 is 2.64 bits per heavy atom. The van der Waals surface area contributed by atoms with Gasteiger partial charge in [-0.25, -0.2) is 0 Å². The van der Waals surface area contributed by atoms with Crippen LogP contribution in [0.25, 0.3) is 0 Å². The Kier molecular flexibility index (Phi) is 5.62. The van der Waals surface area contributed by atoms with Crippen molar-refractivity contribution >= 4 is 17.5 Å². The minimum Gasteiger partial charge on any atom is -0.493 e. The molecule has 0 bridgehead atoms. The van der Waals surface area contributed by atoms with Crippen molar-refractivity contribution < 1.29 is 32.6 Å². The highest BCUT2D eigenvalue weighted by atomic mass is 19.3. The summed E-state index contributed by atoms with van der Waals surface area (Å²) in [5.41, 5.74) is 0.686. The van der Waals surface area contributed by atoms with Crippen LogP contribution in [-0.2, 0) is 4.79 Å². The number of nitrogens with zero attached hydrogens (tertiary/aromatic N) is 1. The second kappa shape index (κ2) is 8.12. The second-order valence-corrected chi connectivity index (χ2v) is 5.85. The van der Waals surface area contributed by atoms with Gasteiger partial charge in [0.2, 0.25) is 0 Å². The van der Waals surface area contributed by atoms with Crippen LogP contribution in [0.5, 0.6) is 17.2 Å². The van der Waals surface area contributed by atoms with E-state index in [9.17, 15) is 18.4 Å². The molecule has 1 atom stereocenters. The van der Waals surface area contributed by atoms with E-state index in [0.29, 0.717) is 11.4 Å². The Hall–Kier alpha value is -3.36. The molecule has 1 heterocycles. The molecule has 28 heavy (non-hydrogen) atoms. The third kappa shape index (κ3) is 3.83. The molecule has 0 aromatic heterocycles. The summed E-state index contributed by atoms with van der Waals surface area (Å²) in [5.74, 6) is -0.604. The standard InChI is InChI=1S/C19H18F2N2O5/c1-22-17(24)16-10-23(12-5-3-4-6-13(12)27-16)18(25)11-7-8-14(28-19(20)21)15(9-11)26-2/h3-9,16,19H,10H2,1-2H3,(H,22,24). The smallest absolute Gasteiger partial charge is 0.387 e. The Balaban J connectivity index is 1.95. The monoisotopic (exact) mass is 392 g/mol. The van der Waals surface area contributed by atoms with Gasteiger partial charge in [-0.2, -0.15) is 8.78 Å². The lowest BCUT2D eigenvalue weighted by atomic mass is 10.1. The van der Waals surface area contributed by atoms with Crippen LogP contribution in [0.2, 0.25) is 0 Å². The van der Waals surface area contributed by atoms with Crippen LogP contribution in [-0.4, -0.2) is 45.2 Å². The van der Waals surface area contributed by atoms with E-state index in [-0.39, 0.29) is 29.5 Å². The molecule has 7 nitrogen and oxygen atoms in total. The highest BCUT2D eigenvalue weighted by Gasteiger charge is 2.34. The summed E-state index contributed by atoms with van der Waals surface area (Å²) in [7, 11) is 2.76. The first kappa shape index (κ1) is 19.4. The van der Waals surface area contributed by atoms with Gasteiger partial charge >= 0.3 is 6.61 Å². The number of hydrogen-bond donors (Lipinski definition) is 1. The minimum atomic E-state index is -3.02. The van der Waals surface area contributed by atoms with Gasteiger partial charge in [0.25, 0.3) is 11.8 Å². The first-order valence-electron chi connectivity index (χ1n) is 8.36. The zero-order valence-electron chi connectivity index (χ0n) is 15.1. The molecular formula is C19H18F2N2O5. The molecule has 9 heteroatoms. The number of hydrogen-bond acceptors (Lipinski definition) is 5. The van der Waals surface area contributed by atoms with Gasteiger partial charge in [0.1, 0.15) is 5.75 Å². The molecule has 2 aromatic rings. The Labute approximate surface area is 159 Å². The Morgan fingerprint density at radius 1 is 1.21 bits per heavy atom. The van der Waals surface area contributed by atoms with Crippen molar-refractivity contribution in [2.45, 2.75) is 12.7 Å². The van der Waals surface area contributed by atoms with Crippen molar-refractivity contribution in [2.24, 2.45) is 0 Å². The number of amides is 2. The molecule has 0 spiro atoms. The molecule has 1 N–H and O–H groups in total. The number of ether oxygens (including phenoxy) is 3. The molecule has 0 radical (unpaired) electrons. The van der Waals surface area contributed by atoms with Crippen LogP contribution in [0.4, 0.5) is 14.5 Å². The summed E-state index contributed by atoms with van der Waals surface area (Å²) in [6.45, 7) is -3.03. The van der Waals surface area contributed by atoms with E-state index < -0.39 is 18.6 Å². The van der Waals surface area contributed by atoms with Gasteiger partial charge in [0.05, 0.1) is 19.3 Å². The van der Waals surface area contributed by atoms with Crippen molar-refractivity contribution in [3.63, 3.8) is 0 Å².